The van der Waals surface area contributed by atoms with Crippen LogP contribution in [0.15, 0.2) is 18.2 Å². The van der Waals surface area contributed by atoms with Crippen LogP contribution in [0.5, 0.6) is 5.75 Å². The van der Waals surface area contributed by atoms with E-state index in [-0.39, 0.29) is 5.92 Å². The summed E-state index contributed by atoms with van der Waals surface area (Å²) < 4.78 is 10.2. The maximum atomic E-state index is 12.2. The van der Waals surface area contributed by atoms with Gasteiger partial charge in [0.2, 0.25) is 0 Å². The van der Waals surface area contributed by atoms with Crippen LogP contribution in [-0.2, 0) is 14.3 Å². The third-order valence-electron chi connectivity index (χ3n) is 3.08. The van der Waals surface area contributed by atoms with Crippen molar-refractivity contribution >= 4 is 35.1 Å². The maximum absolute atomic E-state index is 12.2. The lowest BCUT2D eigenvalue weighted by molar-refractivity contribution is -0.146. The van der Waals surface area contributed by atoms with Gasteiger partial charge < -0.3 is 14.8 Å². The van der Waals surface area contributed by atoms with Crippen molar-refractivity contribution in [1.82, 2.24) is 5.32 Å². The summed E-state index contributed by atoms with van der Waals surface area (Å²) in [6.07, 6.45) is -0.347. The molecule has 0 unspecified atom stereocenters. The second-order valence-corrected chi connectivity index (χ2v) is 6.39. The molecule has 2 atom stereocenters. The number of methoxy groups -OCH3 is 1. The van der Waals surface area contributed by atoms with E-state index in [0.717, 1.165) is 0 Å². The molecule has 128 valence electrons. The van der Waals surface area contributed by atoms with Gasteiger partial charge in [0.25, 0.3) is 5.91 Å². The highest BCUT2D eigenvalue weighted by molar-refractivity contribution is 6.35. The molecule has 0 fully saturated rings. The number of carbonyl (C=O) groups excluding carboxylic acids is 2. The summed E-state index contributed by atoms with van der Waals surface area (Å²) >= 11 is 11.8. The van der Waals surface area contributed by atoms with Gasteiger partial charge in [-0.1, -0.05) is 37.0 Å². The van der Waals surface area contributed by atoms with Crippen LogP contribution in [0.2, 0.25) is 10.0 Å². The van der Waals surface area contributed by atoms with E-state index in [1.54, 1.807) is 19.1 Å². The van der Waals surface area contributed by atoms with Gasteiger partial charge >= 0.3 is 5.97 Å². The van der Waals surface area contributed by atoms with Gasteiger partial charge in [-0.3, -0.25) is 4.79 Å². The van der Waals surface area contributed by atoms with Gasteiger partial charge in [-0.25, -0.2) is 4.79 Å². The SMILES string of the molecule is COC(=O)[C@@H](CC(C)C)NC(=O)[C@@H](C)Oc1ccc(Cl)cc1Cl. The fourth-order valence-electron chi connectivity index (χ4n) is 1.93. The van der Waals surface area contributed by atoms with E-state index in [4.69, 9.17) is 32.7 Å². The first-order valence-corrected chi connectivity index (χ1v) is 8.00. The first-order valence-electron chi connectivity index (χ1n) is 7.24. The topological polar surface area (TPSA) is 64.6 Å². The number of amides is 1. The Balaban J connectivity index is 2.72. The summed E-state index contributed by atoms with van der Waals surface area (Å²) in [7, 11) is 1.29. The summed E-state index contributed by atoms with van der Waals surface area (Å²) in [5, 5.41) is 3.43. The smallest absolute Gasteiger partial charge is 0.328 e. The average molecular weight is 362 g/mol. The Morgan fingerprint density at radius 2 is 1.87 bits per heavy atom. The second-order valence-electron chi connectivity index (χ2n) is 5.55. The predicted molar refractivity (Wildman–Crippen MR) is 90.0 cm³/mol. The van der Waals surface area contributed by atoms with E-state index >= 15 is 0 Å². The zero-order chi connectivity index (χ0) is 17.6. The molecule has 0 saturated heterocycles. The van der Waals surface area contributed by atoms with E-state index in [2.05, 4.69) is 5.32 Å². The third kappa shape index (κ3) is 6.28. The highest BCUT2D eigenvalue weighted by Crippen LogP contribution is 2.28. The van der Waals surface area contributed by atoms with Gasteiger partial charge in [-0.15, -0.1) is 0 Å². The number of hydrogen-bond acceptors (Lipinski definition) is 4. The molecule has 0 aliphatic rings. The quantitative estimate of drug-likeness (QED) is 0.755. The molecular formula is C16H21Cl2NO4. The molecular weight excluding hydrogens is 341 g/mol. The lowest BCUT2D eigenvalue weighted by atomic mass is 10.0. The molecule has 0 aliphatic carbocycles. The van der Waals surface area contributed by atoms with Crippen LogP contribution in [-0.4, -0.2) is 31.1 Å². The first kappa shape index (κ1) is 19.6. The minimum absolute atomic E-state index is 0.223. The number of carbonyl (C=O) groups is 2. The van der Waals surface area contributed by atoms with Crippen LogP contribution in [0.1, 0.15) is 27.2 Å². The van der Waals surface area contributed by atoms with Crippen molar-refractivity contribution in [2.45, 2.75) is 39.3 Å². The summed E-state index contributed by atoms with van der Waals surface area (Å²) in [6, 6.07) is 4.02. The standard InChI is InChI=1S/C16H21Cl2NO4/c1-9(2)7-13(16(21)22-4)19-15(20)10(3)23-14-6-5-11(17)8-12(14)18/h5-6,8-10,13H,7H2,1-4H3,(H,19,20)/t10-,13-/m1/s1. The second kappa shape index (κ2) is 8.99. The molecule has 0 heterocycles. The molecule has 5 nitrogen and oxygen atoms in total. The number of rotatable bonds is 7. The summed E-state index contributed by atoms with van der Waals surface area (Å²) in [4.78, 5) is 24.0. The van der Waals surface area contributed by atoms with Crippen LogP contribution >= 0.6 is 23.2 Å². The Morgan fingerprint density at radius 1 is 1.22 bits per heavy atom. The molecule has 1 rings (SSSR count). The molecule has 0 spiro atoms. The van der Waals surface area contributed by atoms with Crippen LogP contribution in [0.4, 0.5) is 0 Å². The van der Waals surface area contributed by atoms with Gasteiger partial charge in [0.15, 0.2) is 6.10 Å². The van der Waals surface area contributed by atoms with E-state index in [1.807, 2.05) is 13.8 Å². The van der Waals surface area contributed by atoms with Crippen LogP contribution < -0.4 is 10.1 Å². The molecule has 0 aliphatic heterocycles. The Kier molecular flexibility index (Phi) is 7.65. The van der Waals surface area contributed by atoms with Gasteiger partial charge in [-0.05, 0) is 37.5 Å². The molecule has 1 aromatic rings. The summed E-state index contributed by atoms with van der Waals surface area (Å²) in [5.74, 6) is -0.339. The lowest BCUT2D eigenvalue weighted by Crippen LogP contribution is -2.47. The minimum Gasteiger partial charge on any atom is -0.479 e. The Hall–Kier alpha value is -1.46. The molecule has 23 heavy (non-hydrogen) atoms. The van der Waals surface area contributed by atoms with E-state index in [0.29, 0.717) is 22.2 Å². The largest absolute Gasteiger partial charge is 0.479 e. The monoisotopic (exact) mass is 361 g/mol. The van der Waals surface area contributed by atoms with Crippen molar-refractivity contribution in [3.05, 3.63) is 28.2 Å². The number of esters is 1. The van der Waals surface area contributed by atoms with Crippen molar-refractivity contribution in [2.24, 2.45) is 5.92 Å². The molecule has 0 saturated carbocycles. The van der Waals surface area contributed by atoms with Crippen molar-refractivity contribution < 1.29 is 19.1 Å². The Morgan fingerprint density at radius 3 is 2.39 bits per heavy atom. The fourth-order valence-corrected chi connectivity index (χ4v) is 2.38. The van der Waals surface area contributed by atoms with Crippen molar-refractivity contribution in [3.8, 4) is 5.75 Å². The predicted octanol–water partition coefficient (Wildman–Crippen LogP) is 3.46. The average Bonchev–Trinajstić information content (AvgIpc) is 2.47. The minimum atomic E-state index is -0.826. The van der Waals surface area contributed by atoms with E-state index < -0.39 is 24.0 Å². The molecule has 7 heteroatoms. The summed E-state index contributed by atoms with van der Waals surface area (Å²) in [6.45, 7) is 5.48. The zero-order valence-electron chi connectivity index (χ0n) is 13.6. The van der Waals surface area contributed by atoms with Crippen molar-refractivity contribution in [3.63, 3.8) is 0 Å². The van der Waals surface area contributed by atoms with Crippen LogP contribution in [0, 0.1) is 5.92 Å². The number of nitrogens with one attached hydrogen (secondary N) is 1. The molecule has 1 aromatic carbocycles. The fraction of sp³-hybridized carbons (Fsp3) is 0.500. The Bertz CT molecular complexity index is 563. The molecule has 1 N–H and O–H groups in total. The van der Waals surface area contributed by atoms with Crippen LogP contribution in [0.25, 0.3) is 0 Å². The van der Waals surface area contributed by atoms with E-state index in [1.165, 1.54) is 13.2 Å². The summed E-state index contributed by atoms with van der Waals surface area (Å²) in [5.41, 5.74) is 0. The first-order chi connectivity index (χ1) is 10.7. The van der Waals surface area contributed by atoms with Crippen molar-refractivity contribution in [1.29, 1.82) is 0 Å². The highest BCUT2D eigenvalue weighted by atomic mass is 35.5. The van der Waals surface area contributed by atoms with Crippen LogP contribution in [0.3, 0.4) is 0 Å². The normalized spacial score (nSPS) is 13.3. The zero-order valence-corrected chi connectivity index (χ0v) is 15.1. The van der Waals surface area contributed by atoms with Gasteiger partial charge in [0, 0.05) is 5.02 Å². The number of hydrogen-bond donors (Lipinski definition) is 1. The number of benzene rings is 1. The van der Waals surface area contributed by atoms with E-state index in [9.17, 15) is 9.59 Å². The molecule has 0 radical (unpaired) electrons. The van der Waals surface area contributed by atoms with Gasteiger partial charge in [-0.2, -0.15) is 0 Å². The molecule has 0 bridgehead atoms. The Labute approximate surface area is 146 Å². The molecule has 1 amide bonds. The number of halogens is 2. The third-order valence-corrected chi connectivity index (χ3v) is 3.61. The van der Waals surface area contributed by atoms with Gasteiger partial charge in [0.05, 0.1) is 12.1 Å². The van der Waals surface area contributed by atoms with Crippen molar-refractivity contribution in [2.75, 3.05) is 7.11 Å². The lowest BCUT2D eigenvalue weighted by Gasteiger charge is -2.21. The van der Waals surface area contributed by atoms with Gasteiger partial charge in [0.1, 0.15) is 11.8 Å². The molecule has 0 aromatic heterocycles. The maximum Gasteiger partial charge on any atom is 0.328 e. The highest BCUT2D eigenvalue weighted by Gasteiger charge is 2.26. The number of ether oxygens (including phenoxy) is 2.